The third-order valence-electron chi connectivity index (χ3n) is 8.68. The van der Waals surface area contributed by atoms with E-state index in [4.69, 9.17) is 13.8 Å². The fraction of sp³-hybridized carbons (Fsp3) is 0. The molecule has 0 radical (unpaired) electrons. The number of furan rings is 1. The highest BCUT2D eigenvalue weighted by atomic mass is 16.4. The van der Waals surface area contributed by atoms with Gasteiger partial charge >= 0.3 is 0 Å². The monoisotopic (exact) mass is 604 g/mol. The second-order valence-corrected chi connectivity index (χ2v) is 11.6. The number of hydrogen-bond donors (Lipinski definition) is 0. The van der Waals surface area contributed by atoms with Gasteiger partial charge in [-0.25, -0.2) is 4.98 Å². The Morgan fingerprint density at radius 1 is 0.426 bits per heavy atom. The van der Waals surface area contributed by atoms with Gasteiger partial charge in [-0.3, -0.25) is 0 Å². The van der Waals surface area contributed by atoms with Gasteiger partial charge in [0.25, 0.3) is 0 Å². The van der Waals surface area contributed by atoms with E-state index >= 15 is 0 Å². The summed E-state index contributed by atoms with van der Waals surface area (Å²) in [5.41, 5.74) is 11.4. The molecule has 2 heterocycles. The standard InChI is InChI=1S/C43H28N2O2/c1-4-13-29(14-5-1)31-23-25-34(26-24-31)45(35-20-12-19-33(27-35)30-15-6-2-7-16-30)41-40-36-21-10-11-22-38(36)46-39(40)28-37-42(41)47-43(44-37)32-17-8-3-9-18-32/h1-28H. The van der Waals surface area contributed by atoms with Gasteiger partial charge in [0.1, 0.15) is 22.4 Å². The summed E-state index contributed by atoms with van der Waals surface area (Å²) in [4.78, 5) is 7.28. The van der Waals surface area contributed by atoms with E-state index in [1.807, 2.05) is 60.7 Å². The number of benzene rings is 7. The maximum absolute atomic E-state index is 6.75. The SMILES string of the molecule is c1ccc(-c2ccc(N(c3cccc(-c4ccccc4)c3)c3c4oc(-c5ccccc5)nc4cc4oc5ccccc5c34)cc2)cc1. The molecule has 0 amide bonds. The van der Waals surface area contributed by atoms with Gasteiger partial charge in [-0.2, -0.15) is 0 Å². The summed E-state index contributed by atoms with van der Waals surface area (Å²) in [6, 6.07) is 58.5. The molecule has 0 spiro atoms. The summed E-state index contributed by atoms with van der Waals surface area (Å²) in [6.45, 7) is 0. The smallest absolute Gasteiger partial charge is 0.227 e. The number of para-hydroxylation sites is 1. The van der Waals surface area contributed by atoms with Crippen LogP contribution in [0, 0.1) is 0 Å². The first-order valence-electron chi connectivity index (χ1n) is 15.7. The third kappa shape index (κ3) is 4.75. The van der Waals surface area contributed by atoms with Gasteiger partial charge in [-0.1, -0.05) is 121 Å². The molecule has 4 heteroatoms. The zero-order chi connectivity index (χ0) is 31.2. The number of aromatic nitrogens is 1. The molecule has 0 aliphatic rings. The van der Waals surface area contributed by atoms with E-state index in [0.29, 0.717) is 11.5 Å². The molecule has 0 aliphatic heterocycles. The first-order valence-corrected chi connectivity index (χ1v) is 15.7. The molecule has 7 aromatic carbocycles. The molecule has 0 aliphatic carbocycles. The summed E-state index contributed by atoms with van der Waals surface area (Å²) in [7, 11) is 0. The van der Waals surface area contributed by atoms with Crippen LogP contribution in [0.15, 0.2) is 179 Å². The topological polar surface area (TPSA) is 42.4 Å². The molecular weight excluding hydrogens is 576 g/mol. The van der Waals surface area contributed by atoms with Crippen molar-refractivity contribution in [1.82, 2.24) is 4.98 Å². The fourth-order valence-corrected chi connectivity index (χ4v) is 6.46. The lowest BCUT2D eigenvalue weighted by molar-refractivity contribution is 0.620. The van der Waals surface area contributed by atoms with Gasteiger partial charge in [-0.05, 0) is 64.7 Å². The third-order valence-corrected chi connectivity index (χ3v) is 8.68. The molecule has 0 atom stereocenters. The van der Waals surface area contributed by atoms with Crippen LogP contribution in [0.25, 0.3) is 66.7 Å². The fourth-order valence-electron chi connectivity index (χ4n) is 6.46. The number of oxazole rings is 1. The predicted molar refractivity (Wildman–Crippen MR) is 192 cm³/mol. The maximum atomic E-state index is 6.75. The van der Waals surface area contributed by atoms with Crippen molar-refractivity contribution in [2.24, 2.45) is 0 Å². The lowest BCUT2D eigenvalue weighted by Crippen LogP contribution is -2.11. The molecule has 2 aromatic heterocycles. The Labute approximate surface area is 271 Å². The van der Waals surface area contributed by atoms with E-state index in [1.165, 1.54) is 5.56 Å². The minimum absolute atomic E-state index is 0.566. The normalized spacial score (nSPS) is 11.4. The highest BCUT2D eigenvalue weighted by Crippen LogP contribution is 2.48. The van der Waals surface area contributed by atoms with Crippen molar-refractivity contribution in [2.75, 3.05) is 4.90 Å². The first-order chi connectivity index (χ1) is 23.3. The van der Waals surface area contributed by atoms with Crippen LogP contribution in [0.1, 0.15) is 0 Å². The van der Waals surface area contributed by atoms with E-state index in [-0.39, 0.29) is 0 Å². The molecule has 0 saturated heterocycles. The second kappa shape index (κ2) is 11.2. The Kier molecular flexibility index (Phi) is 6.43. The number of nitrogens with zero attached hydrogens (tertiary/aromatic N) is 2. The van der Waals surface area contributed by atoms with Crippen LogP contribution in [-0.4, -0.2) is 4.98 Å². The average Bonchev–Trinajstić information content (AvgIpc) is 3.75. The van der Waals surface area contributed by atoms with E-state index in [0.717, 1.165) is 66.8 Å². The van der Waals surface area contributed by atoms with Crippen LogP contribution >= 0.6 is 0 Å². The number of hydrogen-bond acceptors (Lipinski definition) is 4. The van der Waals surface area contributed by atoms with E-state index in [1.54, 1.807) is 0 Å². The van der Waals surface area contributed by atoms with E-state index in [2.05, 4.69) is 114 Å². The largest absolute Gasteiger partial charge is 0.456 e. The quantitative estimate of drug-likeness (QED) is 0.189. The summed E-state index contributed by atoms with van der Waals surface area (Å²) in [6.07, 6.45) is 0. The van der Waals surface area contributed by atoms with Crippen LogP contribution < -0.4 is 4.90 Å². The molecule has 222 valence electrons. The van der Waals surface area contributed by atoms with Crippen molar-refractivity contribution in [1.29, 1.82) is 0 Å². The maximum Gasteiger partial charge on any atom is 0.227 e. The van der Waals surface area contributed by atoms with Gasteiger partial charge in [-0.15, -0.1) is 0 Å². The summed E-state index contributed by atoms with van der Waals surface area (Å²) >= 11 is 0. The Bertz CT molecular complexity index is 2500. The molecule has 0 N–H and O–H groups in total. The van der Waals surface area contributed by atoms with Crippen molar-refractivity contribution in [2.45, 2.75) is 0 Å². The highest BCUT2D eigenvalue weighted by molar-refractivity contribution is 6.20. The molecule has 9 rings (SSSR count). The minimum Gasteiger partial charge on any atom is -0.456 e. The van der Waals surface area contributed by atoms with E-state index < -0.39 is 0 Å². The van der Waals surface area contributed by atoms with Crippen molar-refractivity contribution in [3.05, 3.63) is 170 Å². The van der Waals surface area contributed by atoms with E-state index in [9.17, 15) is 0 Å². The van der Waals surface area contributed by atoms with Crippen molar-refractivity contribution < 1.29 is 8.83 Å². The molecule has 0 fully saturated rings. The van der Waals surface area contributed by atoms with Crippen LogP contribution in [0.5, 0.6) is 0 Å². The van der Waals surface area contributed by atoms with Crippen molar-refractivity contribution in [3.8, 4) is 33.7 Å². The average molecular weight is 605 g/mol. The zero-order valence-electron chi connectivity index (χ0n) is 25.4. The van der Waals surface area contributed by atoms with Crippen LogP contribution in [0.2, 0.25) is 0 Å². The molecule has 9 aromatic rings. The second-order valence-electron chi connectivity index (χ2n) is 11.6. The number of fused-ring (bicyclic) bond motifs is 4. The summed E-state index contributed by atoms with van der Waals surface area (Å²) < 4.78 is 13.2. The van der Waals surface area contributed by atoms with Gasteiger partial charge in [0.05, 0.1) is 5.39 Å². The summed E-state index contributed by atoms with van der Waals surface area (Å²) in [5.74, 6) is 0.566. The highest BCUT2D eigenvalue weighted by Gasteiger charge is 2.26. The zero-order valence-corrected chi connectivity index (χ0v) is 25.4. The lowest BCUT2D eigenvalue weighted by atomic mass is 10.0. The number of anilines is 3. The van der Waals surface area contributed by atoms with Gasteiger partial charge in [0.2, 0.25) is 5.89 Å². The Hall–Kier alpha value is -6.39. The molecule has 47 heavy (non-hydrogen) atoms. The Morgan fingerprint density at radius 2 is 1.02 bits per heavy atom. The molecule has 0 saturated carbocycles. The first kappa shape index (κ1) is 27.0. The van der Waals surface area contributed by atoms with Gasteiger partial charge in [0.15, 0.2) is 5.58 Å². The molecular formula is C43H28N2O2. The van der Waals surface area contributed by atoms with Crippen molar-refractivity contribution in [3.63, 3.8) is 0 Å². The number of rotatable bonds is 6. The predicted octanol–water partition coefficient (Wildman–Crippen LogP) is 12.2. The summed E-state index contributed by atoms with van der Waals surface area (Å²) in [5, 5.41) is 1.99. The van der Waals surface area contributed by atoms with Crippen LogP contribution in [-0.2, 0) is 0 Å². The Balaban J connectivity index is 1.35. The Morgan fingerprint density at radius 3 is 1.74 bits per heavy atom. The molecule has 4 nitrogen and oxygen atoms in total. The minimum atomic E-state index is 0.566. The van der Waals surface area contributed by atoms with Crippen LogP contribution in [0.4, 0.5) is 17.1 Å². The van der Waals surface area contributed by atoms with Crippen molar-refractivity contribution >= 4 is 50.1 Å². The lowest BCUT2D eigenvalue weighted by Gasteiger charge is -2.27. The molecule has 0 bridgehead atoms. The van der Waals surface area contributed by atoms with Crippen LogP contribution in [0.3, 0.4) is 0 Å². The molecule has 0 unspecified atom stereocenters. The van der Waals surface area contributed by atoms with Gasteiger partial charge < -0.3 is 13.7 Å². The van der Waals surface area contributed by atoms with Gasteiger partial charge in [0, 0.05) is 28.4 Å².